The van der Waals surface area contributed by atoms with Crippen LogP contribution in [-0.4, -0.2) is 18.6 Å². The first-order valence-electron chi connectivity index (χ1n) is 6.59. The summed E-state index contributed by atoms with van der Waals surface area (Å²) in [5.41, 5.74) is 3.23. The SMILES string of the molecule is CCNC(C)c1ccc(-c2ncccc2OC)cc1. The van der Waals surface area contributed by atoms with E-state index in [-0.39, 0.29) is 0 Å². The summed E-state index contributed by atoms with van der Waals surface area (Å²) in [5, 5.41) is 3.40. The van der Waals surface area contributed by atoms with Gasteiger partial charge in [0, 0.05) is 17.8 Å². The molecular formula is C16H20N2O. The van der Waals surface area contributed by atoms with Crippen molar-refractivity contribution in [2.75, 3.05) is 13.7 Å². The minimum atomic E-state index is 0.365. The van der Waals surface area contributed by atoms with Crippen LogP contribution in [0.3, 0.4) is 0 Å². The van der Waals surface area contributed by atoms with Gasteiger partial charge in [-0.3, -0.25) is 4.98 Å². The third kappa shape index (κ3) is 3.12. The molecule has 0 amide bonds. The van der Waals surface area contributed by atoms with Crippen molar-refractivity contribution in [2.45, 2.75) is 19.9 Å². The fourth-order valence-electron chi connectivity index (χ4n) is 2.13. The molecule has 3 nitrogen and oxygen atoms in total. The summed E-state index contributed by atoms with van der Waals surface area (Å²) in [7, 11) is 1.67. The lowest BCUT2D eigenvalue weighted by molar-refractivity contribution is 0.415. The topological polar surface area (TPSA) is 34.2 Å². The predicted molar refractivity (Wildman–Crippen MR) is 78.3 cm³/mol. The molecule has 19 heavy (non-hydrogen) atoms. The summed E-state index contributed by atoms with van der Waals surface area (Å²) in [5.74, 6) is 0.801. The number of hydrogen-bond donors (Lipinski definition) is 1. The fourth-order valence-corrected chi connectivity index (χ4v) is 2.13. The van der Waals surface area contributed by atoms with Crippen LogP contribution in [0.1, 0.15) is 25.5 Å². The third-order valence-corrected chi connectivity index (χ3v) is 3.19. The van der Waals surface area contributed by atoms with Crippen LogP contribution in [0.5, 0.6) is 5.75 Å². The lowest BCUT2D eigenvalue weighted by atomic mass is 10.0. The van der Waals surface area contributed by atoms with Crippen LogP contribution in [0.2, 0.25) is 0 Å². The molecule has 0 fully saturated rings. The van der Waals surface area contributed by atoms with Gasteiger partial charge in [-0.1, -0.05) is 31.2 Å². The van der Waals surface area contributed by atoms with E-state index < -0.39 is 0 Å². The number of pyridine rings is 1. The van der Waals surface area contributed by atoms with Crippen molar-refractivity contribution in [1.82, 2.24) is 10.3 Å². The minimum absolute atomic E-state index is 0.365. The Kier molecular flexibility index (Phi) is 4.53. The summed E-state index contributed by atoms with van der Waals surface area (Å²) in [6.45, 7) is 5.25. The van der Waals surface area contributed by atoms with Crippen molar-refractivity contribution in [3.8, 4) is 17.0 Å². The molecule has 1 N–H and O–H groups in total. The summed E-state index contributed by atoms with van der Waals surface area (Å²) < 4.78 is 5.34. The van der Waals surface area contributed by atoms with Crippen molar-refractivity contribution >= 4 is 0 Å². The van der Waals surface area contributed by atoms with Gasteiger partial charge in [-0.05, 0) is 31.2 Å². The van der Waals surface area contributed by atoms with Crippen LogP contribution in [0.4, 0.5) is 0 Å². The molecule has 0 aliphatic heterocycles. The van der Waals surface area contributed by atoms with Crippen molar-refractivity contribution in [3.05, 3.63) is 48.2 Å². The van der Waals surface area contributed by atoms with Gasteiger partial charge in [0.25, 0.3) is 0 Å². The highest BCUT2D eigenvalue weighted by atomic mass is 16.5. The maximum atomic E-state index is 5.34. The summed E-state index contributed by atoms with van der Waals surface area (Å²) in [4.78, 5) is 4.39. The van der Waals surface area contributed by atoms with Crippen LogP contribution in [0.25, 0.3) is 11.3 Å². The molecule has 100 valence electrons. The quantitative estimate of drug-likeness (QED) is 0.890. The number of aromatic nitrogens is 1. The van der Waals surface area contributed by atoms with Gasteiger partial charge in [-0.15, -0.1) is 0 Å². The van der Waals surface area contributed by atoms with E-state index in [2.05, 4.69) is 48.4 Å². The fraction of sp³-hybridized carbons (Fsp3) is 0.312. The Morgan fingerprint density at radius 3 is 2.58 bits per heavy atom. The van der Waals surface area contributed by atoms with Gasteiger partial charge in [0.2, 0.25) is 0 Å². The Morgan fingerprint density at radius 1 is 1.21 bits per heavy atom. The zero-order chi connectivity index (χ0) is 13.7. The van der Waals surface area contributed by atoms with Gasteiger partial charge < -0.3 is 10.1 Å². The normalized spacial score (nSPS) is 12.2. The Hall–Kier alpha value is -1.87. The van der Waals surface area contributed by atoms with Crippen molar-refractivity contribution in [3.63, 3.8) is 0 Å². The Balaban J connectivity index is 2.27. The Bertz CT molecular complexity index is 523. The minimum Gasteiger partial charge on any atom is -0.494 e. The monoisotopic (exact) mass is 256 g/mol. The van der Waals surface area contributed by atoms with Gasteiger partial charge in [-0.25, -0.2) is 0 Å². The maximum absolute atomic E-state index is 5.34. The first-order valence-corrected chi connectivity index (χ1v) is 6.59. The predicted octanol–water partition coefficient (Wildman–Crippen LogP) is 3.43. The van der Waals surface area contributed by atoms with Gasteiger partial charge in [0.05, 0.1) is 7.11 Å². The number of benzene rings is 1. The van der Waals surface area contributed by atoms with E-state index in [1.165, 1.54) is 5.56 Å². The van der Waals surface area contributed by atoms with Crippen LogP contribution < -0.4 is 10.1 Å². The highest BCUT2D eigenvalue weighted by molar-refractivity contribution is 5.66. The second-order valence-corrected chi connectivity index (χ2v) is 4.46. The molecule has 0 spiro atoms. The van der Waals surface area contributed by atoms with Gasteiger partial charge in [-0.2, -0.15) is 0 Å². The van der Waals surface area contributed by atoms with Crippen molar-refractivity contribution in [2.24, 2.45) is 0 Å². The average molecular weight is 256 g/mol. The van der Waals surface area contributed by atoms with Gasteiger partial charge in [0.1, 0.15) is 11.4 Å². The van der Waals surface area contributed by atoms with Gasteiger partial charge in [0.15, 0.2) is 0 Å². The zero-order valence-electron chi connectivity index (χ0n) is 11.7. The van der Waals surface area contributed by atoms with Crippen LogP contribution in [-0.2, 0) is 0 Å². The molecule has 1 unspecified atom stereocenters. The first-order chi connectivity index (χ1) is 9.26. The number of hydrogen-bond acceptors (Lipinski definition) is 3. The van der Waals surface area contributed by atoms with E-state index in [4.69, 9.17) is 4.74 Å². The molecule has 2 rings (SSSR count). The lowest BCUT2D eigenvalue weighted by Gasteiger charge is -2.13. The summed E-state index contributed by atoms with van der Waals surface area (Å²) in [6.07, 6.45) is 1.78. The molecule has 2 aromatic rings. The maximum Gasteiger partial charge on any atom is 0.145 e. The molecular weight excluding hydrogens is 236 g/mol. The third-order valence-electron chi connectivity index (χ3n) is 3.19. The first kappa shape index (κ1) is 13.6. The summed E-state index contributed by atoms with van der Waals surface area (Å²) in [6, 6.07) is 12.6. The number of rotatable bonds is 5. The largest absolute Gasteiger partial charge is 0.494 e. The van der Waals surface area contributed by atoms with E-state index >= 15 is 0 Å². The second kappa shape index (κ2) is 6.34. The van der Waals surface area contributed by atoms with E-state index in [1.54, 1.807) is 13.3 Å². The summed E-state index contributed by atoms with van der Waals surface area (Å²) >= 11 is 0. The Morgan fingerprint density at radius 2 is 1.95 bits per heavy atom. The smallest absolute Gasteiger partial charge is 0.145 e. The number of ether oxygens (including phenoxy) is 1. The van der Waals surface area contributed by atoms with Crippen LogP contribution >= 0.6 is 0 Å². The zero-order valence-corrected chi connectivity index (χ0v) is 11.7. The van der Waals surface area contributed by atoms with Crippen molar-refractivity contribution < 1.29 is 4.74 Å². The molecule has 3 heteroatoms. The number of nitrogens with one attached hydrogen (secondary N) is 1. The molecule has 0 saturated carbocycles. The highest BCUT2D eigenvalue weighted by Gasteiger charge is 2.08. The molecule has 0 aliphatic rings. The number of nitrogens with zero attached hydrogens (tertiary/aromatic N) is 1. The lowest BCUT2D eigenvalue weighted by Crippen LogP contribution is -2.17. The molecule has 1 aromatic heterocycles. The van der Waals surface area contributed by atoms with E-state index in [1.807, 2.05) is 12.1 Å². The van der Waals surface area contributed by atoms with Crippen LogP contribution in [0.15, 0.2) is 42.6 Å². The van der Waals surface area contributed by atoms with Crippen molar-refractivity contribution in [1.29, 1.82) is 0 Å². The molecule has 0 radical (unpaired) electrons. The second-order valence-electron chi connectivity index (χ2n) is 4.46. The van der Waals surface area contributed by atoms with E-state index in [0.717, 1.165) is 23.6 Å². The average Bonchev–Trinajstić information content (AvgIpc) is 2.47. The van der Waals surface area contributed by atoms with E-state index in [9.17, 15) is 0 Å². The standard InChI is InChI=1S/C16H20N2O/c1-4-17-12(2)13-7-9-14(10-8-13)16-15(19-3)6-5-11-18-16/h5-12,17H,4H2,1-3H3. The van der Waals surface area contributed by atoms with Crippen LogP contribution in [0, 0.1) is 0 Å². The molecule has 1 heterocycles. The number of methoxy groups -OCH3 is 1. The molecule has 1 aromatic carbocycles. The van der Waals surface area contributed by atoms with E-state index in [0.29, 0.717) is 6.04 Å². The molecule has 0 saturated heterocycles. The van der Waals surface area contributed by atoms with Gasteiger partial charge >= 0.3 is 0 Å². The molecule has 1 atom stereocenters. The Labute approximate surface area is 114 Å². The molecule has 0 aliphatic carbocycles. The highest BCUT2D eigenvalue weighted by Crippen LogP contribution is 2.28. The molecule has 0 bridgehead atoms.